The van der Waals surface area contributed by atoms with E-state index in [1.807, 2.05) is 6.07 Å². The largest absolute Gasteiger partial charge is 0.495 e. The summed E-state index contributed by atoms with van der Waals surface area (Å²) in [6.07, 6.45) is 5.45. The quantitative estimate of drug-likeness (QED) is 0.534. The molecule has 1 atom stereocenters. The van der Waals surface area contributed by atoms with E-state index >= 15 is 0 Å². The van der Waals surface area contributed by atoms with Crippen molar-refractivity contribution in [1.29, 1.82) is 5.26 Å². The van der Waals surface area contributed by atoms with Crippen LogP contribution in [-0.4, -0.2) is 52.3 Å². The molecule has 0 bridgehead atoms. The lowest BCUT2D eigenvalue weighted by molar-refractivity contribution is -0.115. The Morgan fingerprint density at radius 1 is 1.26 bits per heavy atom. The molecule has 0 radical (unpaired) electrons. The summed E-state index contributed by atoms with van der Waals surface area (Å²) in [7, 11) is 1.49. The number of nitriles is 1. The van der Waals surface area contributed by atoms with Crippen molar-refractivity contribution >= 4 is 29.0 Å². The standard InChI is InChI=1S/C25H25ClN6O3/c1-35-23-11-24(29-14-20(23)26)31-25(34)8-16-5-6-21(28-13-16)22-10-18(9-17(12-27)30-22)32-7-3-2-4-19(33)15-32/h5-6,9-11,13-14,19,33H,2-4,7-8,15H2,1H3,(H,29,31,34)/t19-/m1/s1. The number of nitrogens with zero attached hydrogens (tertiary/aromatic N) is 5. The number of aliphatic hydroxyl groups excluding tert-OH is 1. The fraction of sp³-hybridized carbons (Fsp3) is 0.320. The monoisotopic (exact) mass is 492 g/mol. The first kappa shape index (κ1) is 24.4. The number of carbonyl (C=O) groups excluding carboxylic acids is 1. The molecule has 3 aromatic heterocycles. The minimum absolute atomic E-state index is 0.0997. The van der Waals surface area contributed by atoms with Crippen LogP contribution in [-0.2, 0) is 11.2 Å². The van der Waals surface area contributed by atoms with E-state index in [9.17, 15) is 15.2 Å². The van der Waals surface area contributed by atoms with E-state index in [-0.39, 0.29) is 18.0 Å². The molecule has 0 spiro atoms. The normalized spacial score (nSPS) is 15.7. The Morgan fingerprint density at radius 2 is 2.11 bits per heavy atom. The van der Waals surface area contributed by atoms with Crippen molar-refractivity contribution < 1.29 is 14.6 Å². The lowest BCUT2D eigenvalue weighted by Gasteiger charge is -2.25. The molecule has 1 aliphatic rings. The number of anilines is 2. The topological polar surface area (TPSA) is 124 Å². The SMILES string of the molecule is COc1cc(NC(=O)Cc2ccc(-c3cc(N4CCCC[C@@H](O)C4)cc(C#N)n3)nc2)ncc1Cl. The van der Waals surface area contributed by atoms with Crippen molar-refractivity contribution in [2.45, 2.75) is 31.8 Å². The first-order chi connectivity index (χ1) is 16.9. The summed E-state index contributed by atoms with van der Waals surface area (Å²) in [6, 6.07) is 10.9. The number of β-amino-alcohol motifs (C(OH)–C–C–N with tert-alkyl or cyclic N) is 1. The van der Waals surface area contributed by atoms with Crippen molar-refractivity contribution in [3.05, 3.63) is 59.0 Å². The van der Waals surface area contributed by atoms with Gasteiger partial charge in [0.15, 0.2) is 0 Å². The van der Waals surface area contributed by atoms with Crippen LogP contribution in [0.2, 0.25) is 5.02 Å². The van der Waals surface area contributed by atoms with Gasteiger partial charge in [0.25, 0.3) is 0 Å². The highest BCUT2D eigenvalue weighted by atomic mass is 35.5. The highest BCUT2D eigenvalue weighted by molar-refractivity contribution is 6.32. The van der Waals surface area contributed by atoms with Gasteiger partial charge in [-0.15, -0.1) is 0 Å². The molecule has 2 N–H and O–H groups in total. The fourth-order valence-corrected chi connectivity index (χ4v) is 4.12. The average Bonchev–Trinajstić information content (AvgIpc) is 3.09. The van der Waals surface area contributed by atoms with Gasteiger partial charge in [-0.05, 0) is 43.0 Å². The lowest BCUT2D eigenvalue weighted by Crippen LogP contribution is -2.30. The van der Waals surface area contributed by atoms with Gasteiger partial charge >= 0.3 is 0 Å². The van der Waals surface area contributed by atoms with Gasteiger partial charge in [-0.25, -0.2) is 9.97 Å². The maximum Gasteiger partial charge on any atom is 0.230 e. The summed E-state index contributed by atoms with van der Waals surface area (Å²) in [6.45, 7) is 1.32. The van der Waals surface area contributed by atoms with Crippen LogP contribution in [0.15, 0.2) is 42.7 Å². The molecular weight excluding hydrogens is 468 g/mol. The van der Waals surface area contributed by atoms with E-state index in [0.717, 1.165) is 31.5 Å². The Balaban J connectivity index is 1.48. The third-order valence-electron chi connectivity index (χ3n) is 5.70. The molecule has 4 heterocycles. The number of amides is 1. The minimum atomic E-state index is -0.396. The molecule has 180 valence electrons. The molecule has 3 aromatic rings. The first-order valence-electron chi connectivity index (χ1n) is 11.2. The second kappa shape index (κ2) is 11.1. The molecule has 4 rings (SSSR count). The molecule has 1 saturated heterocycles. The van der Waals surface area contributed by atoms with E-state index in [1.54, 1.807) is 30.5 Å². The zero-order valence-corrected chi connectivity index (χ0v) is 20.0. The number of halogens is 1. The van der Waals surface area contributed by atoms with Gasteiger partial charge in [-0.2, -0.15) is 5.26 Å². The smallest absolute Gasteiger partial charge is 0.230 e. The van der Waals surface area contributed by atoms with Gasteiger partial charge in [0.05, 0.1) is 37.2 Å². The number of hydrogen-bond acceptors (Lipinski definition) is 8. The Bertz CT molecular complexity index is 1240. The van der Waals surface area contributed by atoms with Crippen LogP contribution in [0.4, 0.5) is 11.5 Å². The summed E-state index contributed by atoms with van der Waals surface area (Å²) in [5, 5.41) is 22.7. The second-order valence-corrected chi connectivity index (χ2v) is 8.69. The maximum atomic E-state index is 12.5. The molecular formula is C25H25ClN6O3. The highest BCUT2D eigenvalue weighted by Gasteiger charge is 2.18. The van der Waals surface area contributed by atoms with Crippen molar-refractivity contribution in [1.82, 2.24) is 15.0 Å². The van der Waals surface area contributed by atoms with E-state index in [2.05, 4.69) is 31.2 Å². The number of nitrogens with one attached hydrogen (secondary N) is 1. The molecule has 1 fully saturated rings. The number of pyridine rings is 3. The lowest BCUT2D eigenvalue weighted by atomic mass is 10.1. The molecule has 10 heteroatoms. The molecule has 35 heavy (non-hydrogen) atoms. The predicted molar refractivity (Wildman–Crippen MR) is 132 cm³/mol. The molecule has 0 aromatic carbocycles. The van der Waals surface area contributed by atoms with Crippen LogP contribution in [0.5, 0.6) is 5.75 Å². The number of ether oxygens (including phenoxy) is 1. The van der Waals surface area contributed by atoms with Crippen molar-refractivity contribution in [3.8, 4) is 23.2 Å². The third kappa shape index (κ3) is 6.23. The zero-order valence-electron chi connectivity index (χ0n) is 19.2. The fourth-order valence-electron chi connectivity index (χ4n) is 3.94. The van der Waals surface area contributed by atoms with Gasteiger partial charge in [0.2, 0.25) is 5.91 Å². The summed E-state index contributed by atoms with van der Waals surface area (Å²) in [5.41, 5.74) is 2.98. The molecule has 1 amide bonds. The van der Waals surface area contributed by atoms with Crippen LogP contribution in [0, 0.1) is 11.3 Å². The van der Waals surface area contributed by atoms with E-state index in [1.165, 1.54) is 13.3 Å². The summed E-state index contributed by atoms with van der Waals surface area (Å²) >= 11 is 5.97. The number of carbonyl (C=O) groups is 1. The number of hydrogen-bond donors (Lipinski definition) is 2. The Morgan fingerprint density at radius 3 is 2.86 bits per heavy atom. The molecule has 1 aliphatic heterocycles. The van der Waals surface area contributed by atoms with Crippen molar-refractivity contribution in [3.63, 3.8) is 0 Å². The number of aromatic nitrogens is 3. The average molecular weight is 493 g/mol. The van der Waals surface area contributed by atoms with Gasteiger partial charge in [-0.3, -0.25) is 9.78 Å². The third-order valence-corrected chi connectivity index (χ3v) is 5.98. The van der Waals surface area contributed by atoms with Crippen LogP contribution >= 0.6 is 11.6 Å². The summed E-state index contributed by atoms with van der Waals surface area (Å²) < 4.78 is 5.14. The van der Waals surface area contributed by atoms with E-state index in [4.69, 9.17) is 16.3 Å². The van der Waals surface area contributed by atoms with Gasteiger partial charge in [0.1, 0.15) is 28.4 Å². The van der Waals surface area contributed by atoms with Crippen LogP contribution in [0.1, 0.15) is 30.5 Å². The van der Waals surface area contributed by atoms with Crippen LogP contribution in [0.3, 0.4) is 0 Å². The Hall–Kier alpha value is -3.74. The number of methoxy groups -OCH3 is 1. The predicted octanol–water partition coefficient (Wildman–Crippen LogP) is 3.60. The summed E-state index contributed by atoms with van der Waals surface area (Å²) in [5.74, 6) is 0.497. The minimum Gasteiger partial charge on any atom is -0.495 e. The number of rotatable bonds is 6. The van der Waals surface area contributed by atoms with Gasteiger partial charge in [0, 0.05) is 31.0 Å². The zero-order chi connectivity index (χ0) is 24.8. The maximum absolute atomic E-state index is 12.5. The first-order valence-corrected chi connectivity index (χ1v) is 11.6. The molecule has 9 nitrogen and oxygen atoms in total. The molecule has 0 saturated carbocycles. The number of aliphatic hydroxyl groups is 1. The highest BCUT2D eigenvalue weighted by Crippen LogP contribution is 2.27. The van der Waals surface area contributed by atoms with E-state index in [0.29, 0.717) is 40.1 Å². The van der Waals surface area contributed by atoms with E-state index < -0.39 is 6.10 Å². The second-order valence-electron chi connectivity index (χ2n) is 8.28. The Labute approximate surface area is 208 Å². The van der Waals surface area contributed by atoms with Gasteiger partial charge in [-0.1, -0.05) is 17.7 Å². The summed E-state index contributed by atoms with van der Waals surface area (Å²) in [4.78, 5) is 27.5. The van der Waals surface area contributed by atoms with Crippen LogP contribution in [0.25, 0.3) is 11.4 Å². The van der Waals surface area contributed by atoms with Crippen LogP contribution < -0.4 is 15.0 Å². The molecule has 0 aliphatic carbocycles. The Kier molecular flexibility index (Phi) is 7.75. The van der Waals surface area contributed by atoms with Gasteiger partial charge < -0.3 is 20.1 Å². The van der Waals surface area contributed by atoms with Crippen molar-refractivity contribution in [2.75, 3.05) is 30.4 Å². The molecule has 0 unspecified atom stereocenters. The van der Waals surface area contributed by atoms with Crippen molar-refractivity contribution in [2.24, 2.45) is 0 Å².